The molecule has 1 aliphatic heterocycles. The van der Waals surface area contributed by atoms with Crippen LogP contribution in [-0.4, -0.2) is 50.8 Å². The fraction of sp³-hybridized carbons (Fsp3) is 0.429. The van der Waals surface area contributed by atoms with E-state index in [4.69, 9.17) is 0 Å². The summed E-state index contributed by atoms with van der Waals surface area (Å²) in [6.07, 6.45) is 1.74. The molecule has 1 amide bonds. The molecule has 2 aromatic heterocycles. The number of anilines is 1. The lowest BCUT2D eigenvalue weighted by molar-refractivity contribution is -0.129. The number of hydrogen-bond donors (Lipinski definition) is 0. The van der Waals surface area contributed by atoms with Gasteiger partial charge in [-0.2, -0.15) is 5.10 Å². The SMILES string of the molecule is CN(C)C(=O)Cn1nc2n(c1=O)CCN(c1ccccn1)C2. The summed E-state index contributed by atoms with van der Waals surface area (Å²) in [6.45, 7) is 1.71. The predicted molar refractivity (Wildman–Crippen MR) is 80.5 cm³/mol. The minimum absolute atomic E-state index is 0.0323. The van der Waals surface area contributed by atoms with Crippen LogP contribution in [0.5, 0.6) is 0 Å². The maximum atomic E-state index is 12.3. The summed E-state index contributed by atoms with van der Waals surface area (Å²) in [7, 11) is 3.32. The van der Waals surface area contributed by atoms with Gasteiger partial charge in [0, 0.05) is 33.4 Å². The standard InChI is InChI=1S/C14H18N6O2/c1-17(2)13(21)10-20-14(22)19-8-7-18(9-12(19)16-20)11-5-3-4-6-15-11/h3-6H,7-10H2,1-2H3. The number of aromatic nitrogens is 4. The second-order valence-electron chi connectivity index (χ2n) is 5.41. The van der Waals surface area contributed by atoms with Gasteiger partial charge in [-0.25, -0.2) is 14.5 Å². The molecular weight excluding hydrogens is 284 g/mol. The van der Waals surface area contributed by atoms with Crippen molar-refractivity contribution in [1.82, 2.24) is 24.2 Å². The summed E-state index contributed by atoms with van der Waals surface area (Å²) >= 11 is 0. The molecule has 2 aromatic rings. The summed E-state index contributed by atoms with van der Waals surface area (Å²) in [5, 5.41) is 4.30. The molecule has 0 bridgehead atoms. The van der Waals surface area contributed by atoms with E-state index in [9.17, 15) is 9.59 Å². The van der Waals surface area contributed by atoms with E-state index in [1.54, 1.807) is 24.9 Å². The fourth-order valence-electron chi connectivity index (χ4n) is 2.41. The molecule has 0 radical (unpaired) electrons. The van der Waals surface area contributed by atoms with Crippen molar-refractivity contribution in [3.63, 3.8) is 0 Å². The first-order chi connectivity index (χ1) is 10.6. The van der Waals surface area contributed by atoms with Gasteiger partial charge in [-0.15, -0.1) is 0 Å². The zero-order chi connectivity index (χ0) is 15.7. The lowest BCUT2D eigenvalue weighted by atomic mass is 10.3. The van der Waals surface area contributed by atoms with Gasteiger partial charge in [-0.3, -0.25) is 9.36 Å². The lowest BCUT2D eigenvalue weighted by Gasteiger charge is -2.27. The molecule has 1 aliphatic rings. The fourth-order valence-corrected chi connectivity index (χ4v) is 2.41. The minimum Gasteiger partial charge on any atom is -0.347 e. The van der Waals surface area contributed by atoms with Crippen LogP contribution in [0.25, 0.3) is 0 Å². The molecule has 0 aromatic carbocycles. The molecule has 0 spiro atoms. The molecule has 116 valence electrons. The van der Waals surface area contributed by atoms with Gasteiger partial charge in [-0.1, -0.05) is 6.07 Å². The minimum atomic E-state index is -0.231. The average Bonchev–Trinajstić information content (AvgIpc) is 2.83. The van der Waals surface area contributed by atoms with Crippen LogP contribution in [-0.2, 0) is 24.4 Å². The Hall–Kier alpha value is -2.64. The van der Waals surface area contributed by atoms with E-state index in [1.807, 2.05) is 18.2 Å². The van der Waals surface area contributed by atoms with Crippen LogP contribution >= 0.6 is 0 Å². The van der Waals surface area contributed by atoms with Gasteiger partial charge >= 0.3 is 5.69 Å². The first-order valence-corrected chi connectivity index (χ1v) is 7.09. The van der Waals surface area contributed by atoms with Crippen LogP contribution in [0.4, 0.5) is 5.82 Å². The zero-order valence-corrected chi connectivity index (χ0v) is 12.6. The van der Waals surface area contributed by atoms with E-state index in [0.29, 0.717) is 25.5 Å². The maximum absolute atomic E-state index is 12.3. The second kappa shape index (κ2) is 5.63. The molecule has 0 unspecified atom stereocenters. The highest BCUT2D eigenvalue weighted by Gasteiger charge is 2.23. The molecule has 8 nitrogen and oxygen atoms in total. The van der Waals surface area contributed by atoms with E-state index >= 15 is 0 Å². The Morgan fingerprint density at radius 3 is 2.82 bits per heavy atom. The molecule has 22 heavy (non-hydrogen) atoms. The number of fused-ring (bicyclic) bond motifs is 1. The number of carbonyl (C=O) groups is 1. The molecule has 3 rings (SSSR count). The normalized spacial score (nSPS) is 13.8. The Morgan fingerprint density at radius 2 is 2.14 bits per heavy atom. The number of pyridine rings is 1. The van der Waals surface area contributed by atoms with Gasteiger partial charge in [0.15, 0.2) is 5.82 Å². The number of carbonyl (C=O) groups excluding carboxylic acids is 1. The van der Waals surface area contributed by atoms with Gasteiger partial charge in [0.2, 0.25) is 5.91 Å². The Kier molecular flexibility index (Phi) is 3.66. The third-order valence-electron chi connectivity index (χ3n) is 3.68. The number of hydrogen-bond acceptors (Lipinski definition) is 5. The molecule has 0 aliphatic carbocycles. The monoisotopic (exact) mass is 302 g/mol. The average molecular weight is 302 g/mol. The van der Waals surface area contributed by atoms with Crippen LogP contribution in [0.1, 0.15) is 5.82 Å². The second-order valence-corrected chi connectivity index (χ2v) is 5.41. The topological polar surface area (TPSA) is 76.3 Å². The highest BCUT2D eigenvalue weighted by atomic mass is 16.2. The summed E-state index contributed by atoms with van der Waals surface area (Å²) in [6, 6.07) is 5.73. The highest BCUT2D eigenvalue weighted by molar-refractivity contribution is 5.75. The van der Waals surface area contributed by atoms with Crippen molar-refractivity contribution in [3.8, 4) is 0 Å². The largest absolute Gasteiger partial charge is 0.347 e. The Bertz CT molecular complexity index is 734. The van der Waals surface area contributed by atoms with Crippen molar-refractivity contribution in [3.05, 3.63) is 40.7 Å². The van der Waals surface area contributed by atoms with Crippen molar-refractivity contribution >= 4 is 11.7 Å². The van der Waals surface area contributed by atoms with Gasteiger partial charge in [0.1, 0.15) is 12.4 Å². The number of nitrogens with zero attached hydrogens (tertiary/aromatic N) is 6. The van der Waals surface area contributed by atoms with Gasteiger partial charge < -0.3 is 9.80 Å². The molecule has 0 atom stereocenters. The van der Waals surface area contributed by atoms with Crippen LogP contribution in [0.3, 0.4) is 0 Å². The van der Waals surface area contributed by atoms with Crippen molar-refractivity contribution in [2.24, 2.45) is 0 Å². The van der Waals surface area contributed by atoms with Crippen LogP contribution in [0.2, 0.25) is 0 Å². The Labute approximate surface area is 127 Å². The van der Waals surface area contributed by atoms with Gasteiger partial charge in [0.05, 0.1) is 6.54 Å². The van der Waals surface area contributed by atoms with Crippen LogP contribution in [0, 0.1) is 0 Å². The van der Waals surface area contributed by atoms with E-state index in [1.165, 1.54) is 9.58 Å². The van der Waals surface area contributed by atoms with Crippen LogP contribution < -0.4 is 10.6 Å². The first kappa shape index (κ1) is 14.3. The summed E-state index contributed by atoms with van der Waals surface area (Å²) < 4.78 is 2.86. The van der Waals surface area contributed by atoms with E-state index in [0.717, 1.165) is 5.82 Å². The first-order valence-electron chi connectivity index (χ1n) is 7.09. The lowest BCUT2D eigenvalue weighted by Crippen LogP contribution is -2.38. The molecule has 8 heteroatoms. The third-order valence-corrected chi connectivity index (χ3v) is 3.68. The molecule has 0 saturated heterocycles. The maximum Gasteiger partial charge on any atom is 0.346 e. The predicted octanol–water partition coefficient (Wildman–Crippen LogP) is -0.452. The molecule has 0 saturated carbocycles. The van der Waals surface area contributed by atoms with Gasteiger partial charge in [-0.05, 0) is 12.1 Å². The highest BCUT2D eigenvalue weighted by Crippen LogP contribution is 2.15. The summed E-state index contributed by atoms with van der Waals surface area (Å²) in [5.74, 6) is 1.37. The molecule has 0 fully saturated rings. The summed E-state index contributed by atoms with van der Waals surface area (Å²) in [5.41, 5.74) is -0.231. The quantitative estimate of drug-likeness (QED) is 0.767. The molecule has 3 heterocycles. The third kappa shape index (κ3) is 2.59. The summed E-state index contributed by atoms with van der Waals surface area (Å²) in [4.78, 5) is 31.9. The number of likely N-dealkylation sites (N-methyl/N-ethyl adjacent to an activating group) is 1. The van der Waals surface area contributed by atoms with E-state index in [-0.39, 0.29) is 18.1 Å². The Balaban J connectivity index is 1.84. The van der Waals surface area contributed by atoms with Crippen molar-refractivity contribution in [2.45, 2.75) is 19.6 Å². The molecular formula is C14H18N6O2. The molecule has 0 N–H and O–H groups in total. The van der Waals surface area contributed by atoms with E-state index in [2.05, 4.69) is 15.0 Å². The van der Waals surface area contributed by atoms with Crippen molar-refractivity contribution in [2.75, 3.05) is 25.5 Å². The van der Waals surface area contributed by atoms with E-state index < -0.39 is 0 Å². The number of rotatable bonds is 3. The van der Waals surface area contributed by atoms with Crippen LogP contribution in [0.15, 0.2) is 29.2 Å². The number of amides is 1. The smallest absolute Gasteiger partial charge is 0.346 e. The van der Waals surface area contributed by atoms with Crippen molar-refractivity contribution in [1.29, 1.82) is 0 Å². The van der Waals surface area contributed by atoms with Crippen molar-refractivity contribution < 1.29 is 4.79 Å². The zero-order valence-electron chi connectivity index (χ0n) is 12.6. The Morgan fingerprint density at radius 1 is 1.32 bits per heavy atom. The van der Waals surface area contributed by atoms with Gasteiger partial charge in [0.25, 0.3) is 0 Å².